The maximum absolute atomic E-state index is 13.1. The zero-order valence-corrected chi connectivity index (χ0v) is 20.5. The van der Waals surface area contributed by atoms with Gasteiger partial charge in [0.2, 0.25) is 0 Å². The van der Waals surface area contributed by atoms with Gasteiger partial charge in [-0.05, 0) is 49.7 Å². The number of ether oxygens (including phenoxy) is 4. The van der Waals surface area contributed by atoms with Crippen LogP contribution in [0.3, 0.4) is 0 Å². The smallest absolute Gasteiger partial charge is 0.268 e. The van der Waals surface area contributed by atoms with Crippen molar-refractivity contribution in [1.29, 1.82) is 0 Å². The molecule has 184 valence electrons. The van der Waals surface area contributed by atoms with Gasteiger partial charge >= 0.3 is 0 Å². The van der Waals surface area contributed by atoms with E-state index in [0.717, 1.165) is 16.9 Å². The normalized spacial score (nSPS) is 15.7. The summed E-state index contributed by atoms with van der Waals surface area (Å²) in [7, 11) is 3.20. The molecule has 1 unspecified atom stereocenters. The van der Waals surface area contributed by atoms with E-state index in [2.05, 4.69) is 0 Å². The highest BCUT2D eigenvalue weighted by molar-refractivity contribution is 5.99. The number of rotatable bonds is 9. The van der Waals surface area contributed by atoms with Gasteiger partial charge in [-0.25, -0.2) is 0 Å². The van der Waals surface area contributed by atoms with Gasteiger partial charge in [0.25, 0.3) is 5.91 Å². The molecule has 1 aliphatic heterocycles. The lowest BCUT2D eigenvalue weighted by atomic mass is 10.0. The minimum absolute atomic E-state index is 0.106. The molecule has 1 atom stereocenters. The molecule has 0 aromatic heterocycles. The van der Waals surface area contributed by atoms with Crippen molar-refractivity contribution < 1.29 is 28.8 Å². The highest BCUT2D eigenvalue weighted by Gasteiger charge is 2.34. The standard InChI is InChI=1S/C28H31NO6/c1-28(2,31)18-34-24-14-11-20(17-26(24)33-4)29-16-15-25(27(29)30)35-21-12-9-19(10-13-21)22-7-5-6-8-23(22)32-3/h5-14,17,25,31H,15-16,18H2,1-4H3. The molecule has 3 aromatic carbocycles. The van der Waals surface area contributed by atoms with Crippen LogP contribution < -0.4 is 23.8 Å². The third-order valence-electron chi connectivity index (χ3n) is 5.75. The van der Waals surface area contributed by atoms with Crippen molar-refractivity contribution in [3.05, 3.63) is 66.7 Å². The number of hydrogen-bond acceptors (Lipinski definition) is 6. The van der Waals surface area contributed by atoms with Crippen molar-refractivity contribution in [2.45, 2.75) is 32.0 Å². The monoisotopic (exact) mass is 477 g/mol. The fourth-order valence-electron chi connectivity index (χ4n) is 3.98. The summed E-state index contributed by atoms with van der Waals surface area (Å²) in [4.78, 5) is 14.8. The molecule has 3 aromatic rings. The number of anilines is 1. The summed E-state index contributed by atoms with van der Waals surface area (Å²) >= 11 is 0. The molecule has 1 amide bonds. The number of hydrogen-bond donors (Lipinski definition) is 1. The minimum atomic E-state index is -0.968. The quantitative estimate of drug-likeness (QED) is 0.481. The highest BCUT2D eigenvalue weighted by Crippen LogP contribution is 2.35. The number of carbonyl (C=O) groups is 1. The number of nitrogens with zero attached hydrogens (tertiary/aromatic N) is 1. The number of benzene rings is 3. The lowest BCUT2D eigenvalue weighted by molar-refractivity contribution is -0.122. The number of methoxy groups -OCH3 is 2. The molecule has 1 N–H and O–H groups in total. The van der Waals surface area contributed by atoms with Crippen LogP contribution in [0.4, 0.5) is 5.69 Å². The first-order valence-corrected chi connectivity index (χ1v) is 11.5. The van der Waals surface area contributed by atoms with Gasteiger partial charge in [-0.1, -0.05) is 30.3 Å². The largest absolute Gasteiger partial charge is 0.496 e. The summed E-state index contributed by atoms with van der Waals surface area (Å²) in [6.07, 6.45) is 0.0102. The Balaban J connectivity index is 1.43. The van der Waals surface area contributed by atoms with Gasteiger partial charge in [-0.3, -0.25) is 4.79 Å². The zero-order chi connectivity index (χ0) is 25.0. The number of aliphatic hydroxyl groups is 1. The Morgan fingerprint density at radius 3 is 2.34 bits per heavy atom. The molecule has 4 rings (SSSR count). The van der Waals surface area contributed by atoms with Gasteiger partial charge in [-0.2, -0.15) is 0 Å². The Morgan fingerprint density at radius 1 is 0.943 bits per heavy atom. The van der Waals surface area contributed by atoms with Gasteiger partial charge in [0, 0.05) is 30.3 Å². The van der Waals surface area contributed by atoms with Gasteiger partial charge < -0.3 is 29.0 Å². The van der Waals surface area contributed by atoms with Crippen LogP contribution in [-0.4, -0.2) is 50.1 Å². The summed E-state index contributed by atoms with van der Waals surface area (Å²) in [5, 5.41) is 9.91. The van der Waals surface area contributed by atoms with E-state index >= 15 is 0 Å². The van der Waals surface area contributed by atoms with Crippen molar-refractivity contribution in [3.63, 3.8) is 0 Å². The number of carbonyl (C=O) groups excluding carboxylic acids is 1. The van der Waals surface area contributed by atoms with Crippen LogP contribution in [0, 0.1) is 0 Å². The predicted octanol–water partition coefficient (Wildman–Crippen LogP) is 4.70. The second-order valence-electron chi connectivity index (χ2n) is 9.05. The second kappa shape index (κ2) is 10.3. The third-order valence-corrected chi connectivity index (χ3v) is 5.75. The van der Waals surface area contributed by atoms with Crippen molar-refractivity contribution in [1.82, 2.24) is 0 Å². The first kappa shape index (κ1) is 24.4. The van der Waals surface area contributed by atoms with Crippen molar-refractivity contribution in [3.8, 4) is 34.1 Å². The Bertz CT molecular complexity index is 1170. The summed E-state index contributed by atoms with van der Waals surface area (Å²) in [6, 6.07) is 20.8. The Hall–Kier alpha value is -3.71. The van der Waals surface area contributed by atoms with E-state index in [9.17, 15) is 9.90 Å². The minimum Gasteiger partial charge on any atom is -0.496 e. The van der Waals surface area contributed by atoms with Crippen LogP contribution in [-0.2, 0) is 4.79 Å². The van der Waals surface area contributed by atoms with Gasteiger partial charge in [-0.15, -0.1) is 0 Å². The predicted molar refractivity (Wildman–Crippen MR) is 135 cm³/mol. The van der Waals surface area contributed by atoms with E-state index in [-0.39, 0.29) is 12.5 Å². The van der Waals surface area contributed by atoms with E-state index in [4.69, 9.17) is 18.9 Å². The molecule has 0 aliphatic carbocycles. The fourth-order valence-corrected chi connectivity index (χ4v) is 3.98. The van der Waals surface area contributed by atoms with Crippen molar-refractivity contribution >= 4 is 11.6 Å². The molecule has 1 aliphatic rings. The summed E-state index contributed by atoms with van der Waals surface area (Å²) < 4.78 is 22.6. The van der Waals surface area contributed by atoms with Crippen LogP contribution in [0.5, 0.6) is 23.0 Å². The first-order valence-electron chi connectivity index (χ1n) is 11.5. The van der Waals surface area contributed by atoms with Crippen molar-refractivity contribution in [2.24, 2.45) is 0 Å². The molecule has 1 saturated heterocycles. The molecule has 0 radical (unpaired) electrons. The first-order chi connectivity index (χ1) is 16.8. The van der Waals surface area contributed by atoms with E-state index in [0.29, 0.717) is 35.9 Å². The zero-order valence-electron chi connectivity index (χ0n) is 20.5. The van der Waals surface area contributed by atoms with Crippen LogP contribution in [0.25, 0.3) is 11.1 Å². The van der Waals surface area contributed by atoms with E-state index in [1.807, 2.05) is 54.6 Å². The van der Waals surface area contributed by atoms with Crippen LogP contribution >= 0.6 is 0 Å². The molecule has 0 saturated carbocycles. The maximum Gasteiger partial charge on any atom is 0.268 e. The summed E-state index contributed by atoms with van der Waals surface area (Å²) in [5.74, 6) is 2.33. The summed E-state index contributed by atoms with van der Waals surface area (Å²) in [6.45, 7) is 4.00. The molecular formula is C28H31NO6. The molecule has 1 fully saturated rings. The second-order valence-corrected chi connectivity index (χ2v) is 9.05. The van der Waals surface area contributed by atoms with Crippen LogP contribution in [0.2, 0.25) is 0 Å². The maximum atomic E-state index is 13.1. The SMILES string of the molecule is COc1cc(N2CCC(Oc3ccc(-c4ccccc4OC)cc3)C2=O)ccc1OCC(C)(C)O. The molecule has 7 nitrogen and oxygen atoms in total. The average molecular weight is 478 g/mol. The van der Waals surface area contributed by atoms with Crippen LogP contribution in [0.1, 0.15) is 20.3 Å². The molecule has 0 bridgehead atoms. The molecule has 35 heavy (non-hydrogen) atoms. The lowest BCUT2D eigenvalue weighted by Crippen LogP contribution is -2.32. The van der Waals surface area contributed by atoms with E-state index in [1.54, 1.807) is 45.1 Å². The molecule has 0 spiro atoms. The molecular weight excluding hydrogens is 446 g/mol. The van der Waals surface area contributed by atoms with Gasteiger partial charge in [0.15, 0.2) is 17.6 Å². The highest BCUT2D eigenvalue weighted by atomic mass is 16.5. The lowest BCUT2D eigenvalue weighted by Gasteiger charge is -2.21. The number of para-hydroxylation sites is 1. The average Bonchev–Trinajstić information content (AvgIpc) is 3.22. The van der Waals surface area contributed by atoms with Crippen LogP contribution in [0.15, 0.2) is 66.7 Å². The topological polar surface area (TPSA) is 77.5 Å². The van der Waals surface area contributed by atoms with Gasteiger partial charge in [0.05, 0.1) is 19.8 Å². The molecule has 1 heterocycles. The summed E-state index contributed by atoms with van der Waals surface area (Å²) in [5.41, 5.74) is 1.74. The fraction of sp³-hybridized carbons (Fsp3) is 0.321. The Morgan fingerprint density at radius 2 is 1.66 bits per heavy atom. The van der Waals surface area contributed by atoms with E-state index in [1.165, 1.54) is 0 Å². The number of amides is 1. The third kappa shape index (κ3) is 5.69. The Kier molecular flexibility index (Phi) is 7.17. The molecule has 7 heteroatoms. The Labute approximate surface area is 205 Å². The van der Waals surface area contributed by atoms with Crippen molar-refractivity contribution in [2.75, 3.05) is 32.3 Å². The van der Waals surface area contributed by atoms with Gasteiger partial charge in [0.1, 0.15) is 18.1 Å². The van der Waals surface area contributed by atoms with E-state index < -0.39 is 11.7 Å².